The van der Waals surface area contributed by atoms with Gasteiger partial charge in [0.1, 0.15) is 24.1 Å². The van der Waals surface area contributed by atoms with Crippen molar-refractivity contribution in [3.05, 3.63) is 73.4 Å². The zero-order valence-electron chi connectivity index (χ0n) is 13.2. The number of aromatic amines is 1. The highest BCUT2D eigenvalue weighted by molar-refractivity contribution is 5.90. The van der Waals surface area contributed by atoms with Gasteiger partial charge in [-0.25, -0.2) is 15.0 Å². The van der Waals surface area contributed by atoms with Crippen molar-refractivity contribution in [1.82, 2.24) is 24.5 Å². The van der Waals surface area contributed by atoms with E-state index in [0.29, 0.717) is 0 Å². The summed E-state index contributed by atoms with van der Waals surface area (Å²) in [7, 11) is 0. The first-order valence-electron chi connectivity index (χ1n) is 7.96. The quantitative estimate of drug-likeness (QED) is 0.525. The van der Waals surface area contributed by atoms with E-state index in [1.54, 1.807) is 6.33 Å². The maximum absolute atomic E-state index is 4.49. The van der Waals surface area contributed by atoms with Crippen molar-refractivity contribution in [2.75, 3.05) is 5.32 Å². The maximum atomic E-state index is 4.49. The van der Waals surface area contributed by atoms with Crippen LogP contribution in [-0.2, 0) is 0 Å². The second-order valence-corrected chi connectivity index (χ2v) is 5.74. The van der Waals surface area contributed by atoms with Gasteiger partial charge in [0.05, 0.1) is 16.4 Å². The van der Waals surface area contributed by atoms with Crippen molar-refractivity contribution in [3.63, 3.8) is 0 Å². The minimum atomic E-state index is 0.774. The standard InChI is InChI=1S/C19H14N6/c1-2-4-14(5-3-1)25-12-23-16-7-6-13(10-17(16)25)24-19-15-8-9-20-18(15)21-11-22-19/h1-12H,(H2,20,21,22,24). The zero-order valence-corrected chi connectivity index (χ0v) is 13.2. The molecule has 0 saturated heterocycles. The third-order valence-electron chi connectivity index (χ3n) is 4.20. The SMILES string of the molecule is c1ccc(-n2cnc3ccc(Nc4ncnc5[nH]ccc45)cc32)cc1. The van der Waals surface area contributed by atoms with Gasteiger partial charge in [-0.05, 0) is 36.4 Å². The summed E-state index contributed by atoms with van der Waals surface area (Å²) in [6, 6.07) is 18.2. The predicted molar refractivity (Wildman–Crippen MR) is 98.2 cm³/mol. The molecule has 0 saturated carbocycles. The van der Waals surface area contributed by atoms with Crippen LogP contribution in [0, 0.1) is 0 Å². The molecule has 0 aliphatic rings. The summed E-state index contributed by atoms with van der Waals surface area (Å²) in [5, 5.41) is 4.34. The molecule has 0 unspecified atom stereocenters. The van der Waals surface area contributed by atoms with Crippen LogP contribution in [0.4, 0.5) is 11.5 Å². The number of benzene rings is 2. The number of rotatable bonds is 3. The van der Waals surface area contributed by atoms with Gasteiger partial charge in [0, 0.05) is 17.6 Å². The Balaban J connectivity index is 1.59. The summed E-state index contributed by atoms with van der Waals surface area (Å²) in [5.74, 6) is 0.774. The third kappa shape index (κ3) is 2.31. The molecule has 5 aromatic rings. The Labute approximate surface area is 143 Å². The molecular weight excluding hydrogens is 312 g/mol. The molecule has 0 bridgehead atoms. The summed E-state index contributed by atoms with van der Waals surface area (Å²) in [4.78, 5) is 16.2. The fourth-order valence-electron chi connectivity index (χ4n) is 2.99. The molecule has 0 atom stereocenters. The number of H-pyrrole nitrogens is 1. The number of nitrogens with zero attached hydrogens (tertiary/aromatic N) is 4. The lowest BCUT2D eigenvalue weighted by Gasteiger charge is -2.08. The Kier molecular flexibility index (Phi) is 3.00. The van der Waals surface area contributed by atoms with E-state index in [-0.39, 0.29) is 0 Å². The van der Waals surface area contributed by atoms with Crippen LogP contribution in [0.1, 0.15) is 0 Å². The molecule has 25 heavy (non-hydrogen) atoms. The van der Waals surface area contributed by atoms with Crippen LogP contribution in [0.25, 0.3) is 27.8 Å². The zero-order chi connectivity index (χ0) is 16.6. The highest BCUT2D eigenvalue weighted by Gasteiger charge is 2.08. The number of aromatic nitrogens is 5. The van der Waals surface area contributed by atoms with Gasteiger partial charge >= 0.3 is 0 Å². The second kappa shape index (κ2) is 5.45. The van der Waals surface area contributed by atoms with Gasteiger partial charge in [0.25, 0.3) is 0 Å². The Morgan fingerprint density at radius 3 is 2.76 bits per heavy atom. The van der Waals surface area contributed by atoms with Gasteiger partial charge in [-0.2, -0.15) is 0 Å². The highest BCUT2D eigenvalue weighted by atomic mass is 15.1. The van der Waals surface area contributed by atoms with Crippen LogP contribution in [0.15, 0.2) is 73.4 Å². The average molecular weight is 326 g/mol. The number of hydrogen-bond donors (Lipinski definition) is 2. The minimum Gasteiger partial charge on any atom is -0.346 e. The first kappa shape index (κ1) is 13.7. The van der Waals surface area contributed by atoms with Crippen LogP contribution in [0.5, 0.6) is 0 Å². The van der Waals surface area contributed by atoms with Gasteiger partial charge in [-0.1, -0.05) is 18.2 Å². The minimum absolute atomic E-state index is 0.774. The molecule has 0 aliphatic heterocycles. The van der Waals surface area contributed by atoms with E-state index in [9.17, 15) is 0 Å². The molecule has 0 aliphatic carbocycles. The van der Waals surface area contributed by atoms with E-state index in [2.05, 4.69) is 48.0 Å². The summed E-state index contributed by atoms with van der Waals surface area (Å²) in [6.07, 6.45) is 5.25. The Morgan fingerprint density at radius 1 is 0.920 bits per heavy atom. The van der Waals surface area contributed by atoms with Gasteiger partial charge < -0.3 is 10.3 Å². The first-order chi connectivity index (χ1) is 12.4. The molecule has 0 radical (unpaired) electrons. The topological polar surface area (TPSA) is 71.4 Å². The molecule has 6 heteroatoms. The van der Waals surface area contributed by atoms with Crippen molar-refractivity contribution in [3.8, 4) is 5.69 Å². The Morgan fingerprint density at radius 2 is 1.84 bits per heavy atom. The smallest absolute Gasteiger partial charge is 0.143 e. The summed E-state index contributed by atoms with van der Waals surface area (Å²) < 4.78 is 2.08. The second-order valence-electron chi connectivity index (χ2n) is 5.74. The normalized spacial score (nSPS) is 11.2. The molecule has 0 amide bonds. The van der Waals surface area contributed by atoms with Crippen LogP contribution >= 0.6 is 0 Å². The molecular formula is C19H14N6. The first-order valence-corrected chi connectivity index (χ1v) is 7.96. The van der Waals surface area contributed by atoms with E-state index in [1.165, 1.54) is 0 Å². The van der Waals surface area contributed by atoms with Gasteiger partial charge in [0.15, 0.2) is 0 Å². The van der Waals surface area contributed by atoms with E-state index in [1.807, 2.05) is 48.9 Å². The molecule has 6 nitrogen and oxygen atoms in total. The molecule has 5 rings (SSSR count). The number of imidazole rings is 1. The van der Waals surface area contributed by atoms with Crippen LogP contribution in [0.2, 0.25) is 0 Å². The fraction of sp³-hybridized carbons (Fsp3) is 0. The number of nitrogens with one attached hydrogen (secondary N) is 2. The van der Waals surface area contributed by atoms with Crippen LogP contribution in [0.3, 0.4) is 0 Å². The van der Waals surface area contributed by atoms with Crippen molar-refractivity contribution in [2.45, 2.75) is 0 Å². The lowest BCUT2D eigenvalue weighted by atomic mass is 10.2. The molecule has 3 aromatic heterocycles. The molecule has 120 valence electrons. The van der Waals surface area contributed by atoms with Crippen molar-refractivity contribution in [2.24, 2.45) is 0 Å². The summed E-state index contributed by atoms with van der Waals surface area (Å²) >= 11 is 0. The fourth-order valence-corrected chi connectivity index (χ4v) is 2.99. The lowest BCUT2D eigenvalue weighted by molar-refractivity contribution is 1.09. The molecule has 3 heterocycles. The molecule has 0 spiro atoms. The lowest BCUT2D eigenvalue weighted by Crippen LogP contribution is -1.96. The predicted octanol–water partition coefficient (Wildman–Crippen LogP) is 4.04. The summed E-state index contributed by atoms with van der Waals surface area (Å²) in [6.45, 7) is 0. The Bertz CT molecular complexity index is 1170. The summed E-state index contributed by atoms with van der Waals surface area (Å²) in [5.41, 5.74) is 4.83. The maximum Gasteiger partial charge on any atom is 0.143 e. The number of fused-ring (bicyclic) bond motifs is 2. The van der Waals surface area contributed by atoms with Crippen LogP contribution < -0.4 is 5.32 Å². The van der Waals surface area contributed by atoms with E-state index in [0.717, 1.165) is 39.3 Å². The van der Waals surface area contributed by atoms with E-state index < -0.39 is 0 Å². The molecule has 0 fully saturated rings. The monoisotopic (exact) mass is 326 g/mol. The largest absolute Gasteiger partial charge is 0.346 e. The van der Waals surface area contributed by atoms with Gasteiger partial charge in [-0.3, -0.25) is 4.57 Å². The molecule has 2 aromatic carbocycles. The highest BCUT2D eigenvalue weighted by Crippen LogP contribution is 2.26. The van der Waals surface area contributed by atoms with E-state index >= 15 is 0 Å². The van der Waals surface area contributed by atoms with Gasteiger partial charge in [-0.15, -0.1) is 0 Å². The average Bonchev–Trinajstić information content (AvgIpc) is 3.29. The van der Waals surface area contributed by atoms with Gasteiger partial charge in [0.2, 0.25) is 0 Å². The third-order valence-corrected chi connectivity index (χ3v) is 4.20. The molecule has 2 N–H and O–H groups in total. The van der Waals surface area contributed by atoms with Crippen molar-refractivity contribution >= 4 is 33.6 Å². The van der Waals surface area contributed by atoms with Crippen molar-refractivity contribution < 1.29 is 0 Å². The van der Waals surface area contributed by atoms with E-state index in [4.69, 9.17) is 0 Å². The number of hydrogen-bond acceptors (Lipinski definition) is 4. The van der Waals surface area contributed by atoms with Crippen molar-refractivity contribution in [1.29, 1.82) is 0 Å². The Hall–Kier alpha value is -3.67. The van der Waals surface area contributed by atoms with Crippen LogP contribution in [-0.4, -0.2) is 24.5 Å². The number of para-hydroxylation sites is 1. The number of anilines is 2.